The minimum atomic E-state index is -0.906. The molecule has 1 unspecified atom stereocenters. The van der Waals surface area contributed by atoms with Crippen LogP contribution in [0.5, 0.6) is 0 Å². The second-order valence-electron chi connectivity index (χ2n) is 4.39. The van der Waals surface area contributed by atoms with Crippen LogP contribution < -0.4 is 10.6 Å². The summed E-state index contributed by atoms with van der Waals surface area (Å²) in [6.07, 6.45) is 1.94. The Bertz CT molecular complexity index is 244. The summed E-state index contributed by atoms with van der Waals surface area (Å²) in [5.41, 5.74) is 0. The zero-order chi connectivity index (χ0) is 13.3. The predicted molar refractivity (Wildman–Crippen MR) is 66.0 cm³/mol. The van der Waals surface area contributed by atoms with Gasteiger partial charge in [-0.25, -0.2) is 4.79 Å². The minimum Gasteiger partial charge on any atom is -0.481 e. The smallest absolute Gasteiger partial charge is 0.314 e. The van der Waals surface area contributed by atoms with Gasteiger partial charge in [-0.3, -0.25) is 4.79 Å². The SMILES string of the molecule is CC(CNC(=O)NCCCCN(C)C)C(=O)O. The topological polar surface area (TPSA) is 81.7 Å². The highest BCUT2D eigenvalue weighted by molar-refractivity contribution is 5.75. The Kier molecular flexibility index (Phi) is 8.13. The van der Waals surface area contributed by atoms with Crippen LogP contribution in [0.2, 0.25) is 0 Å². The monoisotopic (exact) mass is 245 g/mol. The molecular formula is C11H23N3O3. The van der Waals surface area contributed by atoms with E-state index in [0.29, 0.717) is 6.54 Å². The van der Waals surface area contributed by atoms with E-state index >= 15 is 0 Å². The first-order valence-corrected chi connectivity index (χ1v) is 5.82. The Morgan fingerprint density at radius 2 is 1.88 bits per heavy atom. The lowest BCUT2D eigenvalue weighted by Crippen LogP contribution is -2.39. The van der Waals surface area contributed by atoms with E-state index in [9.17, 15) is 9.59 Å². The van der Waals surface area contributed by atoms with Crippen molar-refractivity contribution in [2.45, 2.75) is 19.8 Å². The van der Waals surface area contributed by atoms with Crippen molar-refractivity contribution in [3.8, 4) is 0 Å². The van der Waals surface area contributed by atoms with Crippen molar-refractivity contribution in [1.82, 2.24) is 15.5 Å². The number of aliphatic carboxylic acids is 1. The van der Waals surface area contributed by atoms with Gasteiger partial charge >= 0.3 is 12.0 Å². The summed E-state index contributed by atoms with van der Waals surface area (Å²) in [7, 11) is 4.01. The molecule has 0 saturated carbocycles. The van der Waals surface area contributed by atoms with Gasteiger partial charge in [0.2, 0.25) is 0 Å². The first-order valence-electron chi connectivity index (χ1n) is 5.82. The third-order valence-electron chi connectivity index (χ3n) is 2.31. The fraction of sp³-hybridized carbons (Fsp3) is 0.818. The Morgan fingerprint density at radius 1 is 1.24 bits per heavy atom. The lowest BCUT2D eigenvalue weighted by Gasteiger charge is -2.11. The van der Waals surface area contributed by atoms with Crippen molar-refractivity contribution >= 4 is 12.0 Å². The van der Waals surface area contributed by atoms with Crippen molar-refractivity contribution in [2.24, 2.45) is 5.92 Å². The second kappa shape index (κ2) is 8.81. The highest BCUT2D eigenvalue weighted by atomic mass is 16.4. The fourth-order valence-corrected chi connectivity index (χ4v) is 1.15. The molecule has 0 aromatic heterocycles. The van der Waals surface area contributed by atoms with Crippen LogP contribution in [0.25, 0.3) is 0 Å². The predicted octanol–water partition coefficient (Wildman–Crippen LogP) is 0.348. The van der Waals surface area contributed by atoms with E-state index in [4.69, 9.17) is 5.11 Å². The molecule has 2 amide bonds. The molecule has 0 aliphatic rings. The first kappa shape index (κ1) is 15.7. The molecule has 17 heavy (non-hydrogen) atoms. The van der Waals surface area contributed by atoms with Crippen LogP contribution in [-0.2, 0) is 4.79 Å². The van der Waals surface area contributed by atoms with Crippen LogP contribution in [0.4, 0.5) is 4.79 Å². The van der Waals surface area contributed by atoms with Gasteiger partial charge < -0.3 is 20.6 Å². The summed E-state index contributed by atoms with van der Waals surface area (Å²) in [5.74, 6) is -1.47. The third-order valence-corrected chi connectivity index (χ3v) is 2.31. The number of carboxylic acids is 1. The molecule has 0 heterocycles. The van der Waals surface area contributed by atoms with Crippen LogP contribution >= 0.6 is 0 Å². The molecule has 6 nitrogen and oxygen atoms in total. The normalized spacial score (nSPS) is 12.2. The number of rotatable bonds is 8. The Labute approximate surface area is 102 Å². The number of amides is 2. The van der Waals surface area contributed by atoms with E-state index in [1.807, 2.05) is 14.1 Å². The molecule has 0 aromatic rings. The van der Waals surface area contributed by atoms with E-state index in [-0.39, 0.29) is 12.6 Å². The lowest BCUT2D eigenvalue weighted by atomic mass is 10.2. The van der Waals surface area contributed by atoms with Crippen molar-refractivity contribution in [2.75, 3.05) is 33.7 Å². The molecule has 6 heteroatoms. The summed E-state index contributed by atoms with van der Waals surface area (Å²) in [5, 5.41) is 13.8. The number of carboxylic acid groups (broad SMARTS) is 1. The van der Waals surface area contributed by atoms with Crippen molar-refractivity contribution in [1.29, 1.82) is 0 Å². The zero-order valence-corrected chi connectivity index (χ0v) is 10.8. The minimum absolute atomic E-state index is 0.152. The number of carbonyl (C=O) groups is 2. The van der Waals surface area contributed by atoms with Crippen molar-refractivity contribution < 1.29 is 14.7 Å². The third kappa shape index (κ3) is 9.62. The second-order valence-corrected chi connectivity index (χ2v) is 4.39. The number of nitrogens with one attached hydrogen (secondary N) is 2. The quantitative estimate of drug-likeness (QED) is 0.539. The number of urea groups is 1. The number of nitrogens with zero attached hydrogens (tertiary/aromatic N) is 1. The molecule has 0 aromatic carbocycles. The summed E-state index contributed by atoms with van der Waals surface area (Å²) in [6, 6.07) is -0.303. The van der Waals surface area contributed by atoms with Gasteiger partial charge in [0.1, 0.15) is 0 Å². The fourth-order valence-electron chi connectivity index (χ4n) is 1.15. The number of hydrogen-bond donors (Lipinski definition) is 3. The van der Waals surface area contributed by atoms with Crippen molar-refractivity contribution in [3.63, 3.8) is 0 Å². The maximum Gasteiger partial charge on any atom is 0.314 e. The molecule has 0 bridgehead atoms. The lowest BCUT2D eigenvalue weighted by molar-refractivity contribution is -0.140. The van der Waals surface area contributed by atoms with Gasteiger partial charge in [0.15, 0.2) is 0 Å². The Hall–Kier alpha value is -1.30. The molecular weight excluding hydrogens is 222 g/mol. The van der Waals surface area contributed by atoms with Crippen LogP contribution in [0.1, 0.15) is 19.8 Å². The van der Waals surface area contributed by atoms with Crippen LogP contribution in [-0.4, -0.2) is 55.7 Å². The first-order chi connectivity index (χ1) is 7.93. The summed E-state index contributed by atoms with van der Waals surface area (Å²) in [6.45, 7) is 3.32. The van der Waals surface area contributed by atoms with Gasteiger partial charge in [-0.15, -0.1) is 0 Å². The van der Waals surface area contributed by atoms with E-state index in [2.05, 4.69) is 15.5 Å². The Morgan fingerprint density at radius 3 is 2.41 bits per heavy atom. The average molecular weight is 245 g/mol. The van der Waals surface area contributed by atoms with E-state index in [1.165, 1.54) is 0 Å². The van der Waals surface area contributed by atoms with E-state index in [0.717, 1.165) is 19.4 Å². The molecule has 3 N–H and O–H groups in total. The largest absolute Gasteiger partial charge is 0.481 e. The molecule has 0 spiro atoms. The average Bonchev–Trinajstić information content (AvgIpc) is 2.24. The highest BCUT2D eigenvalue weighted by Gasteiger charge is 2.11. The molecule has 1 atom stereocenters. The van der Waals surface area contributed by atoms with E-state index < -0.39 is 11.9 Å². The van der Waals surface area contributed by atoms with Crippen molar-refractivity contribution in [3.05, 3.63) is 0 Å². The van der Waals surface area contributed by atoms with Gasteiger partial charge in [-0.1, -0.05) is 6.92 Å². The zero-order valence-electron chi connectivity index (χ0n) is 10.8. The van der Waals surface area contributed by atoms with Gasteiger partial charge in [-0.05, 0) is 33.5 Å². The summed E-state index contributed by atoms with van der Waals surface area (Å²) < 4.78 is 0. The van der Waals surface area contributed by atoms with Crippen LogP contribution in [0.15, 0.2) is 0 Å². The summed E-state index contributed by atoms with van der Waals surface area (Å²) in [4.78, 5) is 23.8. The standard InChI is InChI=1S/C11H23N3O3/c1-9(10(15)16)8-13-11(17)12-6-4-5-7-14(2)3/h9H,4-8H2,1-3H3,(H,15,16)(H2,12,13,17). The molecule has 0 aliphatic heterocycles. The molecule has 100 valence electrons. The maximum atomic E-state index is 11.2. The van der Waals surface area contributed by atoms with Gasteiger partial charge in [0.25, 0.3) is 0 Å². The van der Waals surface area contributed by atoms with Gasteiger partial charge in [-0.2, -0.15) is 0 Å². The van der Waals surface area contributed by atoms with Crippen LogP contribution in [0.3, 0.4) is 0 Å². The molecule has 0 aliphatic carbocycles. The number of unbranched alkanes of at least 4 members (excludes halogenated alkanes) is 1. The molecule has 0 radical (unpaired) electrons. The summed E-state index contributed by atoms with van der Waals surface area (Å²) >= 11 is 0. The number of carbonyl (C=O) groups excluding carboxylic acids is 1. The van der Waals surface area contributed by atoms with Crippen LogP contribution in [0, 0.1) is 5.92 Å². The van der Waals surface area contributed by atoms with Gasteiger partial charge in [0, 0.05) is 13.1 Å². The number of hydrogen-bond acceptors (Lipinski definition) is 3. The van der Waals surface area contributed by atoms with E-state index in [1.54, 1.807) is 6.92 Å². The van der Waals surface area contributed by atoms with Gasteiger partial charge in [0.05, 0.1) is 5.92 Å². The molecule has 0 fully saturated rings. The molecule has 0 rings (SSSR count). The molecule has 0 saturated heterocycles. The highest BCUT2D eigenvalue weighted by Crippen LogP contribution is 1.91. The Balaban J connectivity index is 3.44. The maximum absolute atomic E-state index is 11.2.